The standard InChI is InChI=1S/C17H23F3N4O2.ClH/c1-11(15(25)23-16(26)22-10-17(18,19)20)24-8-13(7-21)14(9-24)12-5-3-2-4-6-12;/h2-6,11,13-14H,7-10,21H2,1H3,(H2,22,23,25,26);1H/t11?,13-,14+;/m1./s1. The minimum Gasteiger partial charge on any atom is -0.330 e. The van der Waals surface area contributed by atoms with E-state index in [-0.39, 0.29) is 24.2 Å². The number of benzene rings is 1. The lowest BCUT2D eigenvalue weighted by Crippen LogP contribution is -2.50. The SMILES string of the molecule is CC(C(=O)NC(=O)NCC(F)(F)F)N1C[C@@H](CN)[C@H](c2ccccc2)C1.Cl. The van der Waals surface area contributed by atoms with E-state index in [4.69, 9.17) is 5.73 Å². The van der Waals surface area contributed by atoms with Crippen LogP contribution in [0.1, 0.15) is 18.4 Å². The number of carbonyl (C=O) groups is 2. The quantitative estimate of drug-likeness (QED) is 0.694. The highest BCUT2D eigenvalue weighted by atomic mass is 35.5. The molecule has 1 aliphatic rings. The molecule has 1 aromatic carbocycles. The zero-order chi connectivity index (χ0) is 19.3. The molecule has 27 heavy (non-hydrogen) atoms. The predicted octanol–water partition coefficient (Wildman–Crippen LogP) is 1.86. The Bertz CT molecular complexity index is 630. The fourth-order valence-corrected chi connectivity index (χ4v) is 3.14. The van der Waals surface area contributed by atoms with Crippen LogP contribution >= 0.6 is 12.4 Å². The molecule has 10 heteroatoms. The second-order valence-electron chi connectivity index (χ2n) is 6.43. The number of likely N-dealkylation sites (tertiary alicyclic amines) is 1. The van der Waals surface area contributed by atoms with E-state index in [1.54, 1.807) is 12.2 Å². The van der Waals surface area contributed by atoms with Crippen LogP contribution in [0.5, 0.6) is 0 Å². The lowest BCUT2D eigenvalue weighted by Gasteiger charge is -2.23. The van der Waals surface area contributed by atoms with E-state index in [0.29, 0.717) is 19.6 Å². The fraction of sp³-hybridized carbons (Fsp3) is 0.529. The van der Waals surface area contributed by atoms with Crippen molar-refractivity contribution in [3.05, 3.63) is 35.9 Å². The Morgan fingerprint density at radius 3 is 2.44 bits per heavy atom. The normalized spacial score (nSPS) is 21.2. The van der Waals surface area contributed by atoms with Gasteiger partial charge in [-0.15, -0.1) is 12.4 Å². The van der Waals surface area contributed by atoms with Gasteiger partial charge in [-0.05, 0) is 24.9 Å². The maximum absolute atomic E-state index is 12.2. The van der Waals surface area contributed by atoms with Crippen LogP contribution in [0.3, 0.4) is 0 Å². The Kier molecular flexibility index (Phi) is 8.52. The molecule has 3 amide bonds. The second-order valence-corrected chi connectivity index (χ2v) is 6.43. The number of nitrogens with zero attached hydrogens (tertiary/aromatic N) is 1. The van der Waals surface area contributed by atoms with Crippen molar-refractivity contribution < 1.29 is 22.8 Å². The molecule has 0 aliphatic carbocycles. The molecule has 1 fully saturated rings. The van der Waals surface area contributed by atoms with Crippen LogP contribution in [0.4, 0.5) is 18.0 Å². The lowest BCUT2D eigenvalue weighted by atomic mass is 9.89. The number of hydrogen-bond acceptors (Lipinski definition) is 4. The predicted molar refractivity (Wildman–Crippen MR) is 97.6 cm³/mol. The van der Waals surface area contributed by atoms with E-state index in [1.807, 2.05) is 40.5 Å². The van der Waals surface area contributed by atoms with Crippen LogP contribution in [-0.4, -0.2) is 55.2 Å². The minimum absolute atomic E-state index is 0. The van der Waals surface area contributed by atoms with E-state index < -0.39 is 30.7 Å². The molecule has 0 saturated carbocycles. The molecule has 0 bridgehead atoms. The molecule has 4 N–H and O–H groups in total. The first-order valence-electron chi connectivity index (χ1n) is 8.35. The molecule has 1 unspecified atom stereocenters. The van der Waals surface area contributed by atoms with Crippen LogP contribution < -0.4 is 16.4 Å². The molecule has 3 atom stereocenters. The summed E-state index contributed by atoms with van der Waals surface area (Å²) in [4.78, 5) is 25.5. The van der Waals surface area contributed by atoms with Crippen molar-refractivity contribution >= 4 is 24.3 Å². The highest BCUT2D eigenvalue weighted by Crippen LogP contribution is 2.33. The summed E-state index contributed by atoms with van der Waals surface area (Å²) in [5.41, 5.74) is 6.99. The summed E-state index contributed by atoms with van der Waals surface area (Å²) in [6, 6.07) is 7.99. The summed E-state index contributed by atoms with van der Waals surface area (Å²) in [6.45, 7) is 1.75. The van der Waals surface area contributed by atoms with Crippen molar-refractivity contribution in [2.45, 2.75) is 25.1 Å². The van der Waals surface area contributed by atoms with Gasteiger partial charge in [-0.3, -0.25) is 15.0 Å². The smallest absolute Gasteiger partial charge is 0.330 e. The molecule has 1 heterocycles. The number of nitrogens with one attached hydrogen (secondary N) is 2. The average Bonchev–Trinajstić information content (AvgIpc) is 3.03. The van der Waals surface area contributed by atoms with Gasteiger partial charge in [0.1, 0.15) is 6.54 Å². The lowest BCUT2D eigenvalue weighted by molar-refractivity contribution is -0.126. The van der Waals surface area contributed by atoms with Gasteiger partial charge < -0.3 is 11.1 Å². The highest BCUT2D eigenvalue weighted by Gasteiger charge is 2.37. The number of carbonyl (C=O) groups excluding carboxylic acids is 2. The Balaban J connectivity index is 0.00000364. The van der Waals surface area contributed by atoms with Crippen LogP contribution in [0.25, 0.3) is 0 Å². The molecule has 6 nitrogen and oxygen atoms in total. The van der Waals surface area contributed by atoms with Gasteiger partial charge >= 0.3 is 12.2 Å². The number of rotatable bonds is 5. The molecule has 152 valence electrons. The van der Waals surface area contributed by atoms with Crippen LogP contribution in [-0.2, 0) is 4.79 Å². The van der Waals surface area contributed by atoms with Crippen molar-refractivity contribution in [3.63, 3.8) is 0 Å². The molecular weight excluding hydrogens is 385 g/mol. The molecule has 0 spiro atoms. The van der Waals surface area contributed by atoms with Gasteiger partial charge in [-0.2, -0.15) is 13.2 Å². The third kappa shape index (κ3) is 6.67. The maximum atomic E-state index is 12.2. The van der Waals surface area contributed by atoms with Gasteiger partial charge in [-0.1, -0.05) is 30.3 Å². The summed E-state index contributed by atoms with van der Waals surface area (Å²) in [7, 11) is 0. The number of hydrogen-bond donors (Lipinski definition) is 3. The van der Waals surface area contributed by atoms with Crippen molar-refractivity contribution in [3.8, 4) is 0 Å². The van der Waals surface area contributed by atoms with Gasteiger partial charge in [0.05, 0.1) is 6.04 Å². The molecule has 2 rings (SSSR count). The number of halogens is 4. The van der Waals surface area contributed by atoms with Crippen molar-refractivity contribution in [2.75, 3.05) is 26.2 Å². The van der Waals surface area contributed by atoms with Gasteiger partial charge in [-0.25, -0.2) is 4.79 Å². The zero-order valence-corrected chi connectivity index (χ0v) is 15.6. The van der Waals surface area contributed by atoms with E-state index in [9.17, 15) is 22.8 Å². The second kappa shape index (κ2) is 9.91. The largest absolute Gasteiger partial charge is 0.405 e. The Morgan fingerprint density at radius 1 is 1.26 bits per heavy atom. The summed E-state index contributed by atoms with van der Waals surface area (Å²) in [6.07, 6.45) is -4.53. The average molecular weight is 409 g/mol. The van der Waals surface area contributed by atoms with Crippen molar-refractivity contribution in [1.82, 2.24) is 15.5 Å². The zero-order valence-electron chi connectivity index (χ0n) is 14.8. The minimum atomic E-state index is -4.53. The first-order valence-corrected chi connectivity index (χ1v) is 8.35. The summed E-state index contributed by atoms with van der Waals surface area (Å²) in [5, 5.41) is 3.57. The van der Waals surface area contributed by atoms with E-state index in [0.717, 1.165) is 5.56 Å². The molecule has 1 aromatic rings. The van der Waals surface area contributed by atoms with Crippen LogP contribution in [0.2, 0.25) is 0 Å². The Hall–Kier alpha value is -1.84. The number of amides is 3. The van der Waals surface area contributed by atoms with Crippen LogP contribution in [0, 0.1) is 5.92 Å². The molecular formula is C17H24ClF3N4O2. The van der Waals surface area contributed by atoms with Gasteiger partial charge in [0, 0.05) is 19.0 Å². The van der Waals surface area contributed by atoms with Crippen molar-refractivity contribution in [2.24, 2.45) is 11.7 Å². The molecule has 0 radical (unpaired) electrons. The molecule has 1 saturated heterocycles. The Labute approximate surface area is 162 Å². The first kappa shape index (κ1) is 23.2. The first-order chi connectivity index (χ1) is 12.2. The van der Waals surface area contributed by atoms with Gasteiger partial charge in [0.15, 0.2) is 0 Å². The number of nitrogens with two attached hydrogens (primary N) is 1. The van der Waals surface area contributed by atoms with Crippen LogP contribution in [0.15, 0.2) is 30.3 Å². The van der Waals surface area contributed by atoms with E-state index in [1.165, 1.54) is 0 Å². The topological polar surface area (TPSA) is 87.5 Å². The third-order valence-corrected chi connectivity index (χ3v) is 4.61. The Morgan fingerprint density at radius 2 is 1.89 bits per heavy atom. The van der Waals surface area contributed by atoms with Crippen molar-refractivity contribution in [1.29, 1.82) is 0 Å². The summed E-state index contributed by atoms with van der Waals surface area (Å²) in [5.74, 6) is -0.323. The van der Waals surface area contributed by atoms with Gasteiger partial charge in [0.2, 0.25) is 5.91 Å². The summed E-state index contributed by atoms with van der Waals surface area (Å²) >= 11 is 0. The number of imide groups is 1. The fourth-order valence-electron chi connectivity index (χ4n) is 3.14. The highest BCUT2D eigenvalue weighted by molar-refractivity contribution is 5.96. The monoisotopic (exact) mass is 408 g/mol. The van der Waals surface area contributed by atoms with E-state index >= 15 is 0 Å². The molecule has 0 aromatic heterocycles. The maximum Gasteiger partial charge on any atom is 0.405 e. The molecule has 1 aliphatic heterocycles. The number of urea groups is 1. The van der Waals surface area contributed by atoms with E-state index in [2.05, 4.69) is 0 Å². The van der Waals surface area contributed by atoms with Gasteiger partial charge in [0.25, 0.3) is 0 Å². The summed E-state index contributed by atoms with van der Waals surface area (Å²) < 4.78 is 36.3. The third-order valence-electron chi connectivity index (χ3n) is 4.61. The number of alkyl halides is 3.